The molecule has 1 rings (SSSR count). The highest BCUT2D eigenvalue weighted by Gasteiger charge is 2.12. The molecule has 0 bridgehead atoms. The van der Waals surface area contributed by atoms with E-state index in [0.29, 0.717) is 0 Å². The predicted octanol–water partition coefficient (Wildman–Crippen LogP) is 2.27. The molecule has 0 amide bonds. The van der Waals surface area contributed by atoms with Gasteiger partial charge in [-0.1, -0.05) is 25.3 Å². The first-order valence-electron chi connectivity index (χ1n) is 4.83. The van der Waals surface area contributed by atoms with Crippen molar-refractivity contribution in [3.63, 3.8) is 0 Å². The summed E-state index contributed by atoms with van der Waals surface area (Å²) in [5, 5.41) is 0. The molecule has 0 aromatic carbocycles. The van der Waals surface area contributed by atoms with Crippen molar-refractivity contribution in [2.45, 2.75) is 32.1 Å². The van der Waals surface area contributed by atoms with Crippen molar-refractivity contribution in [1.29, 1.82) is 0 Å². The molecule has 1 saturated carbocycles. The molecule has 0 aromatic heterocycles. The van der Waals surface area contributed by atoms with Crippen LogP contribution in [0.4, 0.5) is 0 Å². The van der Waals surface area contributed by atoms with Gasteiger partial charge in [-0.25, -0.2) is 0 Å². The average molecular weight is 181 g/mol. The van der Waals surface area contributed by atoms with Crippen molar-refractivity contribution >= 4 is 10.2 Å². The SMILES string of the molecule is [Si]C=CCOCC1CCCCC1. The molecule has 1 fully saturated rings. The molecule has 0 aliphatic heterocycles. The summed E-state index contributed by atoms with van der Waals surface area (Å²) in [7, 11) is 3.26. The second-order valence-corrected chi connectivity index (χ2v) is 3.78. The van der Waals surface area contributed by atoms with E-state index in [1.54, 1.807) is 0 Å². The van der Waals surface area contributed by atoms with Crippen molar-refractivity contribution < 1.29 is 4.74 Å². The Morgan fingerprint density at radius 2 is 2.00 bits per heavy atom. The molecule has 12 heavy (non-hydrogen) atoms. The maximum atomic E-state index is 5.50. The number of hydrogen-bond acceptors (Lipinski definition) is 1. The van der Waals surface area contributed by atoms with Crippen molar-refractivity contribution in [2.24, 2.45) is 5.92 Å². The molecule has 3 radical (unpaired) electrons. The summed E-state index contributed by atoms with van der Waals surface area (Å²) in [5.41, 5.74) is 1.85. The summed E-state index contributed by atoms with van der Waals surface area (Å²) in [6.45, 7) is 1.70. The lowest BCUT2D eigenvalue weighted by Crippen LogP contribution is -2.13. The van der Waals surface area contributed by atoms with Crippen LogP contribution in [0.1, 0.15) is 32.1 Å². The molecule has 2 heteroatoms. The van der Waals surface area contributed by atoms with Gasteiger partial charge in [-0.3, -0.25) is 0 Å². The van der Waals surface area contributed by atoms with Gasteiger partial charge in [0, 0.05) is 6.61 Å². The maximum Gasteiger partial charge on any atom is 0.0643 e. The van der Waals surface area contributed by atoms with Gasteiger partial charge in [-0.2, -0.15) is 0 Å². The van der Waals surface area contributed by atoms with Crippen LogP contribution in [0.2, 0.25) is 0 Å². The van der Waals surface area contributed by atoms with Gasteiger partial charge in [0.05, 0.1) is 16.8 Å². The van der Waals surface area contributed by atoms with Crippen molar-refractivity contribution in [3.8, 4) is 0 Å². The van der Waals surface area contributed by atoms with E-state index in [-0.39, 0.29) is 0 Å². The molecule has 0 aromatic rings. The van der Waals surface area contributed by atoms with Crippen LogP contribution in [0, 0.1) is 5.92 Å². The molecule has 1 aliphatic rings. The Morgan fingerprint density at radius 3 is 2.67 bits per heavy atom. The standard InChI is InChI=1S/C10H17OSi/c12-8-4-7-11-9-10-5-2-1-3-6-10/h4,8,10H,1-3,5-7,9H2. The molecular weight excluding hydrogens is 164 g/mol. The molecule has 1 nitrogen and oxygen atoms in total. The molecule has 0 N–H and O–H groups in total. The Hall–Kier alpha value is -0.0831. The lowest BCUT2D eigenvalue weighted by molar-refractivity contribution is 0.106. The van der Waals surface area contributed by atoms with E-state index in [1.165, 1.54) is 32.1 Å². The van der Waals surface area contributed by atoms with Crippen molar-refractivity contribution in [3.05, 3.63) is 11.8 Å². The van der Waals surface area contributed by atoms with Crippen LogP contribution in [0.5, 0.6) is 0 Å². The van der Waals surface area contributed by atoms with Gasteiger partial charge in [0.15, 0.2) is 0 Å². The number of rotatable bonds is 4. The van der Waals surface area contributed by atoms with E-state index >= 15 is 0 Å². The molecular formula is C10H17OSi. The van der Waals surface area contributed by atoms with Crippen molar-refractivity contribution in [2.75, 3.05) is 13.2 Å². The van der Waals surface area contributed by atoms with Gasteiger partial charge >= 0.3 is 0 Å². The Kier molecular flexibility index (Phi) is 5.36. The van der Waals surface area contributed by atoms with Gasteiger partial charge in [0.25, 0.3) is 0 Å². The summed E-state index contributed by atoms with van der Waals surface area (Å²) in [6, 6.07) is 0. The Morgan fingerprint density at radius 1 is 1.25 bits per heavy atom. The molecule has 0 spiro atoms. The van der Waals surface area contributed by atoms with Gasteiger partial charge < -0.3 is 4.74 Å². The van der Waals surface area contributed by atoms with Crippen LogP contribution in [0.15, 0.2) is 11.8 Å². The van der Waals surface area contributed by atoms with E-state index < -0.39 is 0 Å². The summed E-state index contributed by atoms with van der Waals surface area (Å²) in [4.78, 5) is 0. The van der Waals surface area contributed by atoms with Crippen LogP contribution in [0.3, 0.4) is 0 Å². The van der Waals surface area contributed by atoms with E-state index in [1.807, 2.05) is 11.8 Å². The normalized spacial score (nSPS) is 20.4. The molecule has 0 heterocycles. The van der Waals surface area contributed by atoms with Gasteiger partial charge in [0.1, 0.15) is 0 Å². The summed E-state index contributed by atoms with van der Waals surface area (Å²) in [6.07, 6.45) is 8.97. The fraction of sp³-hybridized carbons (Fsp3) is 0.800. The zero-order chi connectivity index (χ0) is 8.65. The van der Waals surface area contributed by atoms with E-state index in [9.17, 15) is 0 Å². The Bertz CT molecular complexity index is 128. The highest BCUT2D eigenvalue weighted by Crippen LogP contribution is 2.23. The first-order valence-corrected chi connectivity index (χ1v) is 5.41. The third kappa shape index (κ3) is 4.07. The molecule has 0 unspecified atom stereocenters. The van der Waals surface area contributed by atoms with Crippen LogP contribution < -0.4 is 0 Å². The lowest BCUT2D eigenvalue weighted by atomic mass is 9.90. The minimum Gasteiger partial charge on any atom is -0.377 e. The second-order valence-electron chi connectivity index (χ2n) is 3.44. The third-order valence-electron chi connectivity index (χ3n) is 2.41. The minimum absolute atomic E-state index is 0.750. The zero-order valence-electron chi connectivity index (χ0n) is 7.59. The third-order valence-corrected chi connectivity index (χ3v) is 2.65. The molecule has 1 aliphatic carbocycles. The second kappa shape index (κ2) is 6.43. The van der Waals surface area contributed by atoms with E-state index in [2.05, 4.69) is 10.2 Å². The van der Waals surface area contributed by atoms with Gasteiger partial charge in [-0.05, 0) is 18.8 Å². The predicted molar refractivity (Wildman–Crippen MR) is 52.3 cm³/mol. The molecule has 67 valence electrons. The monoisotopic (exact) mass is 181 g/mol. The molecule has 0 saturated heterocycles. The van der Waals surface area contributed by atoms with Crippen LogP contribution >= 0.6 is 0 Å². The fourth-order valence-electron chi connectivity index (χ4n) is 1.70. The van der Waals surface area contributed by atoms with Gasteiger partial charge in [-0.15, -0.1) is 5.70 Å². The number of hydrogen-bond donors (Lipinski definition) is 0. The first kappa shape index (κ1) is 10.0. The lowest BCUT2D eigenvalue weighted by Gasteiger charge is -2.20. The Labute approximate surface area is 78.6 Å². The summed E-state index contributed by atoms with van der Waals surface area (Å²) >= 11 is 0. The average Bonchev–Trinajstić information content (AvgIpc) is 2.14. The fourth-order valence-corrected chi connectivity index (χ4v) is 1.80. The largest absolute Gasteiger partial charge is 0.377 e. The first-order chi connectivity index (χ1) is 5.93. The summed E-state index contributed by atoms with van der Waals surface area (Å²) in [5.74, 6) is 0.835. The van der Waals surface area contributed by atoms with Crippen LogP contribution in [-0.4, -0.2) is 23.5 Å². The Balaban J connectivity index is 1.97. The van der Waals surface area contributed by atoms with E-state index in [4.69, 9.17) is 4.74 Å². The van der Waals surface area contributed by atoms with E-state index in [0.717, 1.165) is 19.1 Å². The van der Waals surface area contributed by atoms with Crippen LogP contribution in [-0.2, 0) is 4.74 Å². The van der Waals surface area contributed by atoms with Crippen LogP contribution in [0.25, 0.3) is 0 Å². The van der Waals surface area contributed by atoms with Gasteiger partial charge in [0.2, 0.25) is 0 Å². The quantitative estimate of drug-likeness (QED) is 0.477. The van der Waals surface area contributed by atoms with Crippen molar-refractivity contribution in [1.82, 2.24) is 0 Å². The minimum atomic E-state index is 0.750. The highest BCUT2D eigenvalue weighted by atomic mass is 28.1. The maximum absolute atomic E-state index is 5.50. The summed E-state index contributed by atoms with van der Waals surface area (Å²) < 4.78 is 5.50. The topological polar surface area (TPSA) is 9.23 Å². The molecule has 0 atom stereocenters. The smallest absolute Gasteiger partial charge is 0.0643 e. The zero-order valence-corrected chi connectivity index (χ0v) is 8.59. The number of ether oxygens (including phenoxy) is 1. The highest BCUT2D eigenvalue weighted by molar-refractivity contribution is 6.16.